The summed E-state index contributed by atoms with van der Waals surface area (Å²) in [4.78, 5) is 14.3. The summed E-state index contributed by atoms with van der Waals surface area (Å²) >= 11 is 0. The van der Waals surface area contributed by atoms with Crippen molar-refractivity contribution in [2.75, 3.05) is 30.7 Å². The zero-order valence-electron chi connectivity index (χ0n) is 12.2. The van der Waals surface area contributed by atoms with Gasteiger partial charge in [-0.25, -0.2) is 4.39 Å². The van der Waals surface area contributed by atoms with Crippen LogP contribution in [-0.4, -0.2) is 41.7 Å². The van der Waals surface area contributed by atoms with Crippen LogP contribution in [0.25, 0.3) is 0 Å². The van der Waals surface area contributed by atoms with Gasteiger partial charge in [0.15, 0.2) is 0 Å². The monoisotopic (exact) mass is 295 g/mol. The van der Waals surface area contributed by atoms with E-state index in [1.54, 1.807) is 6.92 Å². The molecular weight excluding hydrogens is 273 g/mol. The maximum absolute atomic E-state index is 13.6. The van der Waals surface area contributed by atoms with E-state index in [2.05, 4.69) is 5.32 Å². The molecule has 1 heterocycles. The molecule has 21 heavy (non-hydrogen) atoms. The van der Waals surface area contributed by atoms with Gasteiger partial charge < -0.3 is 16.2 Å². The van der Waals surface area contributed by atoms with E-state index < -0.39 is 5.82 Å². The number of aliphatic hydroxyl groups excluding tert-OH is 1. The van der Waals surface area contributed by atoms with Gasteiger partial charge >= 0.3 is 0 Å². The number of nitrogens with zero attached hydrogens (tertiary/aromatic N) is 1. The molecule has 4 N–H and O–H groups in total. The molecule has 6 heteroatoms. The number of rotatable bonds is 4. The number of halogens is 1. The molecule has 1 atom stereocenters. The van der Waals surface area contributed by atoms with Crippen molar-refractivity contribution >= 4 is 17.3 Å². The van der Waals surface area contributed by atoms with Crippen molar-refractivity contribution in [2.45, 2.75) is 25.8 Å². The average Bonchev–Trinajstić information content (AvgIpc) is 2.50. The Morgan fingerprint density at radius 1 is 1.52 bits per heavy atom. The minimum absolute atomic E-state index is 0.108. The van der Waals surface area contributed by atoms with Gasteiger partial charge in [-0.15, -0.1) is 0 Å². The molecule has 0 radical (unpaired) electrons. The number of anilines is 2. The van der Waals surface area contributed by atoms with E-state index in [4.69, 9.17) is 10.8 Å². The Hall–Kier alpha value is -1.66. The van der Waals surface area contributed by atoms with Gasteiger partial charge in [-0.05, 0) is 57.0 Å². The van der Waals surface area contributed by atoms with E-state index >= 15 is 0 Å². The van der Waals surface area contributed by atoms with E-state index in [1.807, 2.05) is 4.90 Å². The first-order valence-electron chi connectivity index (χ1n) is 7.22. The summed E-state index contributed by atoms with van der Waals surface area (Å²) < 4.78 is 13.6. The van der Waals surface area contributed by atoms with Crippen molar-refractivity contribution in [2.24, 2.45) is 5.92 Å². The van der Waals surface area contributed by atoms with E-state index in [9.17, 15) is 9.18 Å². The first kappa shape index (κ1) is 15.7. The second kappa shape index (κ2) is 6.87. The summed E-state index contributed by atoms with van der Waals surface area (Å²) in [5.74, 6) is -0.423. The molecule has 1 aromatic carbocycles. The number of benzene rings is 1. The number of aliphatic hydroxyl groups is 1. The lowest BCUT2D eigenvalue weighted by atomic mass is 9.97. The fourth-order valence-corrected chi connectivity index (χ4v) is 2.56. The third kappa shape index (κ3) is 3.92. The molecule has 1 amide bonds. The third-order valence-corrected chi connectivity index (χ3v) is 4.08. The molecule has 0 spiro atoms. The predicted octanol–water partition coefficient (Wildman–Crippen LogP) is 1.44. The first-order chi connectivity index (χ1) is 10.0. The molecule has 116 valence electrons. The van der Waals surface area contributed by atoms with Crippen LogP contribution < -0.4 is 11.1 Å². The van der Waals surface area contributed by atoms with Gasteiger partial charge in [-0.3, -0.25) is 9.69 Å². The number of amides is 1. The topological polar surface area (TPSA) is 78.6 Å². The molecule has 0 saturated carbocycles. The second-order valence-corrected chi connectivity index (χ2v) is 5.57. The zero-order valence-corrected chi connectivity index (χ0v) is 12.2. The van der Waals surface area contributed by atoms with Gasteiger partial charge in [0, 0.05) is 12.3 Å². The van der Waals surface area contributed by atoms with Crippen molar-refractivity contribution in [1.29, 1.82) is 0 Å². The maximum Gasteiger partial charge on any atom is 0.241 e. The number of carbonyl (C=O) groups excluding carboxylic acids is 1. The molecule has 1 aromatic rings. The molecule has 1 unspecified atom stereocenters. The molecule has 1 aliphatic heterocycles. The van der Waals surface area contributed by atoms with E-state index in [1.165, 1.54) is 18.2 Å². The summed E-state index contributed by atoms with van der Waals surface area (Å²) in [6, 6.07) is 3.76. The van der Waals surface area contributed by atoms with Crippen LogP contribution in [0.5, 0.6) is 0 Å². The Morgan fingerprint density at radius 2 is 2.19 bits per heavy atom. The van der Waals surface area contributed by atoms with Gasteiger partial charge in [0.25, 0.3) is 0 Å². The molecule has 1 saturated heterocycles. The summed E-state index contributed by atoms with van der Waals surface area (Å²) in [6.45, 7) is 3.53. The minimum atomic E-state index is -0.497. The summed E-state index contributed by atoms with van der Waals surface area (Å²) in [5.41, 5.74) is 6.11. The fourth-order valence-electron chi connectivity index (χ4n) is 2.56. The smallest absolute Gasteiger partial charge is 0.241 e. The molecular formula is C15H22FN3O2. The standard InChI is InChI=1S/C15H22FN3O2/c1-10(19-6-4-11(9-20)5-7-19)15(21)18-14-8-12(17)2-3-13(14)16/h2-3,8,10-11,20H,4-7,9,17H2,1H3,(H,18,21). The third-order valence-electron chi connectivity index (χ3n) is 4.08. The predicted molar refractivity (Wildman–Crippen MR) is 80.3 cm³/mol. The molecule has 0 aliphatic carbocycles. The van der Waals surface area contributed by atoms with Gasteiger partial charge in [-0.1, -0.05) is 0 Å². The summed E-state index contributed by atoms with van der Waals surface area (Å²) in [7, 11) is 0. The number of hydrogen-bond acceptors (Lipinski definition) is 4. The largest absolute Gasteiger partial charge is 0.399 e. The fraction of sp³-hybridized carbons (Fsp3) is 0.533. The highest BCUT2D eigenvalue weighted by atomic mass is 19.1. The van der Waals surface area contributed by atoms with E-state index in [-0.39, 0.29) is 24.2 Å². The van der Waals surface area contributed by atoms with Crippen LogP contribution in [0.1, 0.15) is 19.8 Å². The van der Waals surface area contributed by atoms with Crippen molar-refractivity contribution in [3.05, 3.63) is 24.0 Å². The molecule has 5 nitrogen and oxygen atoms in total. The van der Waals surface area contributed by atoms with Crippen LogP contribution in [0.3, 0.4) is 0 Å². The van der Waals surface area contributed by atoms with E-state index in [0.717, 1.165) is 25.9 Å². The molecule has 0 bridgehead atoms. The lowest BCUT2D eigenvalue weighted by molar-refractivity contribution is -0.121. The normalized spacial score (nSPS) is 18.4. The van der Waals surface area contributed by atoms with Crippen molar-refractivity contribution < 1.29 is 14.3 Å². The Kier molecular flexibility index (Phi) is 5.14. The van der Waals surface area contributed by atoms with E-state index in [0.29, 0.717) is 11.6 Å². The van der Waals surface area contributed by atoms with Gasteiger partial charge in [0.1, 0.15) is 5.82 Å². The number of carbonyl (C=O) groups is 1. The van der Waals surface area contributed by atoms with Crippen LogP contribution in [-0.2, 0) is 4.79 Å². The van der Waals surface area contributed by atoms with Crippen molar-refractivity contribution in [1.82, 2.24) is 4.90 Å². The Morgan fingerprint density at radius 3 is 2.81 bits per heavy atom. The Labute approximate surface area is 123 Å². The number of nitrogens with two attached hydrogens (primary N) is 1. The highest BCUT2D eigenvalue weighted by Gasteiger charge is 2.26. The molecule has 1 fully saturated rings. The number of hydrogen-bond donors (Lipinski definition) is 3. The molecule has 2 rings (SSSR count). The van der Waals surface area contributed by atoms with Gasteiger partial charge in [0.2, 0.25) is 5.91 Å². The SMILES string of the molecule is CC(C(=O)Nc1cc(N)ccc1F)N1CCC(CO)CC1. The minimum Gasteiger partial charge on any atom is -0.399 e. The quantitative estimate of drug-likeness (QED) is 0.734. The number of nitrogen functional groups attached to an aromatic ring is 1. The molecule has 0 aromatic heterocycles. The van der Waals surface area contributed by atoms with Crippen molar-refractivity contribution in [3.63, 3.8) is 0 Å². The van der Waals surface area contributed by atoms with Crippen LogP contribution >= 0.6 is 0 Å². The van der Waals surface area contributed by atoms with Crippen LogP contribution in [0.2, 0.25) is 0 Å². The second-order valence-electron chi connectivity index (χ2n) is 5.57. The Bertz CT molecular complexity index is 502. The summed E-state index contributed by atoms with van der Waals surface area (Å²) in [6.07, 6.45) is 1.75. The van der Waals surface area contributed by atoms with Gasteiger partial charge in [0.05, 0.1) is 11.7 Å². The van der Waals surface area contributed by atoms with Crippen LogP contribution in [0.4, 0.5) is 15.8 Å². The lowest BCUT2D eigenvalue weighted by Crippen LogP contribution is -2.46. The number of piperidine rings is 1. The highest BCUT2D eigenvalue weighted by molar-refractivity contribution is 5.95. The summed E-state index contributed by atoms with van der Waals surface area (Å²) in [5, 5.41) is 11.7. The Balaban J connectivity index is 1.95. The number of nitrogens with one attached hydrogen (secondary N) is 1. The maximum atomic E-state index is 13.6. The zero-order chi connectivity index (χ0) is 15.4. The highest BCUT2D eigenvalue weighted by Crippen LogP contribution is 2.21. The average molecular weight is 295 g/mol. The van der Waals surface area contributed by atoms with Gasteiger partial charge in [-0.2, -0.15) is 0 Å². The van der Waals surface area contributed by atoms with Crippen molar-refractivity contribution in [3.8, 4) is 0 Å². The number of likely N-dealkylation sites (tertiary alicyclic amines) is 1. The first-order valence-corrected chi connectivity index (χ1v) is 7.22. The lowest BCUT2D eigenvalue weighted by Gasteiger charge is -2.34. The van der Waals surface area contributed by atoms with Crippen LogP contribution in [0.15, 0.2) is 18.2 Å². The van der Waals surface area contributed by atoms with Crippen LogP contribution in [0, 0.1) is 11.7 Å². The molecule has 1 aliphatic rings.